The molecule has 0 N–H and O–H groups in total. The first-order valence-corrected chi connectivity index (χ1v) is 8.77. The molecule has 0 saturated heterocycles. The van der Waals surface area contributed by atoms with Gasteiger partial charge in [-0.1, -0.05) is 44.3 Å². The first-order chi connectivity index (χ1) is 9.83. The molecule has 0 amide bonds. The quantitative estimate of drug-likeness (QED) is 0.559. The molecule has 0 aromatic heterocycles. The summed E-state index contributed by atoms with van der Waals surface area (Å²) in [6.07, 6.45) is 5.38. The van der Waals surface area contributed by atoms with E-state index in [2.05, 4.69) is 65.5 Å². The molecule has 2 heteroatoms. The van der Waals surface area contributed by atoms with Gasteiger partial charge in [0.2, 0.25) is 0 Å². The fourth-order valence-corrected chi connectivity index (χ4v) is 2.77. The first kappa shape index (κ1) is 17.9. The van der Waals surface area contributed by atoms with E-state index in [1.165, 1.54) is 22.3 Å². The van der Waals surface area contributed by atoms with Crippen molar-refractivity contribution in [3.63, 3.8) is 0 Å². The van der Waals surface area contributed by atoms with Crippen molar-refractivity contribution in [3.05, 3.63) is 46.6 Å². The minimum Gasteiger partial charge on any atom is -0.485 e. The van der Waals surface area contributed by atoms with E-state index in [1.807, 2.05) is 6.26 Å². The maximum Gasteiger partial charge on any atom is 0.153 e. The number of ether oxygens (including phenoxy) is 1. The van der Waals surface area contributed by atoms with E-state index in [0.717, 1.165) is 11.5 Å². The summed E-state index contributed by atoms with van der Waals surface area (Å²) < 4.78 is 5.80. The van der Waals surface area contributed by atoms with E-state index in [1.54, 1.807) is 11.8 Å². The maximum absolute atomic E-state index is 5.80. The number of rotatable bonds is 7. The number of hydrogen-bond acceptors (Lipinski definition) is 2. The molecular weight excluding hydrogens is 276 g/mol. The molecule has 0 atom stereocenters. The van der Waals surface area contributed by atoms with Gasteiger partial charge in [0.1, 0.15) is 0 Å². The van der Waals surface area contributed by atoms with Crippen LogP contribution in [0.2, 0.25) is 0 Å². The lowest BCUT2D eigenvalue weighted by Gasteiger charge is -2.14. The number of aryl methyl sites for hydroxylation is 1. The molecule has 0 spiro atoms. The second-order valence-corrected chi connectivity index (χ2v) is 6.92. The van der Waals surface area contributed by atoms with Gasteiger partial charge in [-0.05, 0) is 73.8 Å². The smallest absolute Gasteiger partial charge is 0.153 e. The molecule has 0 radical (unpaired) electrons. The Morgan fingerprint density at radius 2 is 1.95 bits per heavy atom. The van der Waals surface area contributed by atoms with Crippen LogP contribution >= 0.6 is 11.8 Å². The van der Waals surface area contributed by atoms with Crippen molar-refractivity contribution in [2.45, 2.75) is 47.1 Å². The fraction of sp³-hybridized carbons (Fsp3) is 0.474. The summed E-state index contributed by atoms with van der Waals surface area (Å²) in [6.45, 7) is 15.0. The number of benzene rings is 1. The van der Waals surface area contributed by atoms with Crippen LogP contribution in [-0.2, 0) is 4.74 Å². The van der Waals surface area contributed by atoms with Gasteiger partial charge in [0.25, 0.3) is 0 Å². The van der Waals surface area contributed by atoms with Crippen molar-refractivity contribution in [3.8, 4) is 0 Å². The molecule has 1 aromatic rings. The fourth-order valence-electron chi connectivity index (χ4n) is 2.22. The van der Waals surface area contributed by atoms with Gasteiger partial charge in [-0.15, -0.1) is 0 Å². The van der Waals surface area contributed by atoms with Gasteiger partial charge in [0, 0.05) is 0 Å². The summed E-state index contributed by atoms with van der Waals surface area (Å²) in [5, 5.41) is 0.953. The third kappa shape index (κ3) is 6.01. The van der Waals surface area contributed by atoms with Crippen LogP contribution in [0.15, 0.2) is 29.9 Å². The van der Waals surface area contributed by atoms with Crippen LogP contribution in [0.25, 0.3) is 11.6 Å². The van der Waals surface area contributed by atoms with Crippen molar-refractivity contribution in [2.24, 2.45) is 5.92 Å². The van der Waals surface area contributed by atoms with Gasteiger partial charge >= 0.3 is 0 Å². The van der Waals surface area contributed by atoms with Crippen LogP contribution in [0.1, 0.15) is 50.8 Å². The van der Waals surface area contributed by atoms with Crippen molar-refractivity contribution in [1.82, 2.24) is 0 Å². The van der Waals surface area contributed by atoms with Gasteiger partial charge in [0.15, 0.2) is 5.09 Å². The molecule has 0 aliphatic rings. The molecular formula is C19H28OS. The standard InChI is InChI=1S/C19H28OS/c1-13(2)10-16(6)18-11-17(9-8-15(18)5)12-19(21-7)20-14(3)4/h8-9,11-14H,6,10H2,1-5,7H3/b19-12+. The van der Waals surface area contributed by atoms with E-state index >= 15 is 0 Å². The highest BCUT2D eigenvalue weighted by atomic mass is 32.2. The van der Waals surface area contributed by atoms with Crippen molar-refractivity contribution < 1.29 is 4.74 Å². The summed E-state index contributed by atoms with van der Waals surface area (Å²) in [7, 11) is 0. The zero-order valence-electron chi connectivity index (χ0n) is 14.2. The lowest BCUT2D eigenvalue weighted by Crippen LogP contribution is -2.00. The van der Waals surface area contributed by atoms with Crippen molar-refractivity contribution in [1.29, 1.82) is 0 Å². The SMILES string of the molecule is C=C(CC(C)C)c1cc(/C=C(\OC(C)C)SC)ccc1C. The van der Waals surface area contributed by atoms with Crippen molar-refractivity contribution in [2.75, 3.05) is 6.26 Å². The van der Waals surface area contributed by atoms with Gasteiger partial charge in [-0.25, -0.2) is 0 Å². The minimum atomic E-state index is 0.199. The highest BCUT2D eigenvalue weighted by Gasteiger charge is 2.07. The Morgan fingerprint density at radius 1 is 1.29 bits per heavy atom. The van der Waals surface area contributed by atoms with Gasteiger partial charge in [0.05, 0.1) is 6.10 Å². The Hall–Kier alpha value is -1.15. The zero-order chi connectivity index (χ0) is 16.0. The summed E-state index contributed by atoms with van der Waals surface area (Å²) in [4.78, 5) is 0. The summed E-state index contributed by atoms with van der Waals surface area (Å²) in [5.41, 5.74) is 4.94. The third-order valence-electron chi connectivity index (χ3n) is 3.13. The average Bonchev–Trinajstić information content (AvgIpc) is 2.38. The topological polar surface area (TPSA) is 9.23 Å². The third-order valence-corrected chi connectivity index (χ3v) is 3.75. The number of allylic oxidation sites excluding steroid dienone is 1. The Balaban J connectivity index is 3.05. The van der Waals surface area contributed by atoms with Crippen LogP contribution in [0.4, 0.5) is 0 Å². The summed E-state index contributed by atoms with van der Waals surface area (Å²) in [5.74, 6) is 0.627. The molecule has 1 aromatic carbocycles. The molecule has 0 unspecified atom stereocenters. The lowest BCUT2D eigenvalue weighted by atomic mass is 9.93. The molecule has 21 heavy (non-hydrogen) atoms. The minimum absolute atomic E-state index is 0.199. The average molecular weight is 304 g/mol. The highest BCUT2D eigenvalue weighted by Crippen LogP contribution is 2.27. The van der Waals surface area contributed by atoms with E-state index in [9.17, 15) is 0 Å². The second-order valence-electron chi connectivity index (χ2n) is 6.11. The Morgan fingerprint density at radius 3 is 2.48 bits per heavy atom. The Kier molecular flexibility index (Phi) is 7.10. The van der Waals surface area contributed by atoms with Gasteiger partial charge in [-0.3, -0.25) is 0 Å². The molecule has 1 rings (SSSR count). The predicted octanol–water partition coefficient (Wildman–Crippen LogP) is 6.14. The number of hydrogen-bond donors (Lipinski definition) is 0. The monoisotopic (exact) mass is 304 g/mol. The van der Waals surface area contributed by atoms with Crippen LogP contribution in [0, 0.1) is 12.8 Å². The maximum atomic E-state index is 5.80. The molecule has 1 nitrogen and oxygen atoms in total. The molecule has 0 aliphatic carbocycles. The zero-order valence-corrected chi connectivity index (χ0v) is 15.0. The largest absolute Gasteiger partial charge is 0.485 e. The Bertz CT molecular complexity index is 512. The van der Waals surface area contributed by atoms with E-state index in [-0.39, 0.29) is 6.10 Å². The second kappa shape index (κ2) is 8.33. The lowest BCUT2D eigenvalue weighted by molar-refractivity contribution is 0.172. The highest BCUT2D eigenvalue weighted by molar-refractivity contribution is 8.02. The van der Waals surface area contributed by atoms with Crippen LogP contribution in [0.3, 0.4) is 0 Å². The number of thioether (sulfide) groups is 1. The predicted molar refractivity (Wildman–Crippen MR) is 97.4 cm³/mol. The van der Waals surface area contributed by atoms with Crippen LogP contribution in [-0.4, -0.2) is 12.4 Å². The van der Waals surface area contributed by atoms with Crippen LogP contribution in [0.5, 0.6) is 0 Å². The van der Waals surface area contributed by atoms with E-state index in [4.69, 9.17) is 4.74 Å². The molecule has 0 heterocycles. The molecule has 0 fully saturated rings. The summed E-state index contributed by atoms with van der Waals surface area (Å²) >= 11 is 1.64. The molecule has 116 valence electrons. The van der Waals surface area contributed by atoms with Crippen molar-refractivity contribution >= 4 is 23.4 Å². The molecule has 0 saturated carbocycles. The van der Waals surface area contributed by atoms with Gasteiger partial charge < -0.3 is 4.74 Å². The first-order valence-electron chi connectivity index (χ1n) is 7.54. The Labute approximate surface area is 134 Å². The van der Waals surface area contributed by atoms with Gasteiger partial charge in [-0.2, -0.15) is 0 Å². The van der Waals surface area contributed by atoms with E-state index in [0.29, 0.717) is 5.92 Å². The van der Waals surface area contributed by atoms with Crippen LogP contribution < -0.4 is 0 Å². The molecule has 0 aliphatic heterocycles. The summed E-state index contributed by atoms with van der Waals surface area (Å²) in [6, 6.07) is 6.53. The normalized spacial score (nSPS) is 12.1. The molecule has 0 bridgehead atoms. The van der Waals surface area contributed by atoms with E-state index < -0.39 is 0 Å².